The maximum absolute atomic E-state index is 5.92. The Morgan fingerprint density at radius 2 is 2.24 bits per heavy atom. The fourth-order valence-electron chi connectivity index (χ4n) is 2.98. The first-order valence-corrected chi connectivity index (χ1v) is 7.30. The van der Waals surface area contributed by atoms with E-state index in [4.69, 9.17) is 4.74 Å². The molecule has 0 saturated carbocycles. The average molecular weight is 240 g/mol. The highest BCUT2D eigenvalue weighted by atomic mass is 16.5. The number of ether oxygens (including phenoxy) is 1. The zero-order valence-electron chi connectivity index (χ0n) is 11.6. The molecule has 100 valence electrons. The molecule has 17 heavy (non-hydrogen) atoms. The van der Waals surface area contributed by atoms with Crippen molar-refractivity contribution in [3.8, 4) is 0 Å². The van der Waals surface area contributed by atoms with Crippen molar-refractivity contribution in [3.63, 3.8) is 0 Å². The highest BCUT2D eigenvalue weighted by Crippen LogP contribution is 2.21. The molecule has 0 bridgehead atoms. The molecule has 2 heterocycles. The van der Waals surface area contributed by atoms with Crippen molar-refractivity contribution in [3.05, 3.63) is 0 Å². The summed E-state index contributed by atoms with van der Waals surface area (Å²) in [6, 6.07) is 0.674. The minimum atomic E-state index is 0.480. The minimum absolute atomic E-state index is 0.480. The third-order valence-electron chi connectivity index (χ3n) is 4.40. The number of hydrogen-bond acceptors (Lipinski definition) is 3. The molecule has 2 rings (SSSR count). The Hall–Kier alpha value is -0.120. The second kappa shape index (κ2) is 6.17. The van der Waals surface area contributed by atoms with Crippen molar-refractivity contribution >= 4 is 0 Å². The van der Waals surface area contributed by atoms with Crippen molar-refractivity contribution in [1.29, 1.82) is 0 Å². The number of nitrogens with one attached hydrogen (secondary N) is 1. The van der Waals surface area contributed by atoms with Crippen LogP contribution in [0.5, 0.6) is 0 Å². The molecule has 3 nitrogen and oxygen atoms in total. The average Bonchev–Trinajstić information content (AvgIpc) is 2.74. The summed E-state index contributed by atoms with van der Waals surface area (Å²) in [5.41, 5.74) is 0. The van der Waals surface area contributed by atoms with Crippen LogP contribution in [0.2, 0.25) is 0 Å². The molecule has 2 saturated heterocycles. The van der Waals surface area contributed by atoms with Gasteiger partial charge in [0.15, 0.2) is 0 Å². The summed E-state index contributed by atoms with van der Waals surface area (Å²) >= 11 is 0. The van der Waals surface area contributed by atoms with Gasteiger partial charge in [0.1, 0.15) is 0 Å². The molecule has 3 heteroatoms. The van der Waals surface area contributed by atoms with Gasteiger partial charge in [-0.15, -0.1) is 0 Å². The van der Waals surface area contributed by atoms with Gasteiger partial charge in [0, 0.05) is 32.2 Å². The van der Waals surface area contributed by atoms with Crippen LogP contribution >= 0.6 is 0 Å². The summed E-state index contributed by atoms with van der Waals surface area (Å²) in [4.78, 5) is 2.59. The van der Waals surface area contributed by atoms with Crippen molar-refractivity contribution < 1.29 is 4.74 Å². The summed E-state index contributed by atoms with van der Waals surface area (Å²) in [7, 11) is 0. The number of hydrogen-bond donors (Lipinski definition) is 1. The quantitative estimate of drug-likeness (QED) is 0.812. The Kier molecular flexibility index (Phi) is 4.83. The molecule has 0 aliphatic carbocycles. The molecule has 2 fully saturated rings. The van der Waals surface area contributed by atoms with Crippen LogP contribution in [0.3, 0.4) is 0 Å². The molecule has 2 aliphatic heterocycles. The van der Waals surface area contributed by atoms with Gasteiger partial charge < -0.3 is 10.1 Å². The fourth-order valence-corrected chi connectivity index (χ4v) is 2.98. The standard InChI is InChI=1S/C14H28N2O/c1-4-11(2)14-10-16(8-7-15-14)9-13-6-5-12(3)17-13/h11-15H,4-10H2,1-3H3. The summed E-state index contributed by atoms with van der Waals surface area (Å²) in [6.45, 7) is 11.5. The molecule has 0 aromatic heterocycles. The smallest absolute Gasteiger partial charge is 0.0706 e. The van der Waals surface area contributed by atoms with Gasteiger partial charge in [-0.1, -0.05) is 20.3 Å². The van der Waals surface area contributed by atoms with Crippen LogP contribution in [0.25, 0.3) is 0 Å². The molecule has 2 aliphatic rings. The Morgan fingerprint density at radius 1 is 1.41 bits per heavy atom. The van der Waals surface area contributed by atoms with E-state index < -0.39 is 0 Å². The predicted molar refractivity (Wildman–Crippen MR) is 71.3 cm³/mol. The Balaban J connectivity index is 1.77. The van der Waals surface area contributed by atoms with Gasteiger partial charge in [0.05, 0.1) is 12.2 Å². The van der Waals surface area contributed by atoms with Crippen LogP contribution in [0.1, 0.15) is 40.0 Å². The molecule has 0 amide bonds. The lowest BCUT2D eigenvalue weighted by Crippen LogP contribution is -2.54. The topological polar surface area (TPSA) is 24.5 Å². The van der Waals surface area contributed by atoms with Gasteiger partial charge in [-0.2, -0.15) is 0 Å². The molecule has 0 radical (unpaired) electrons. The third kappa shape index (κ3) is 3.67. The van der Waals surface area contributed by atoms with E-state index in [9.17, 15) is 0 Å². The second-order valence-electron chi connectivity index (χ2n) is 5.85. The van der Waals surface area contributed by atoms with E-state index >= 15 is 0 Å². The number of nitrogens with zero attached hydrogens (tertiary/aromatic N) is 1. The second-order valence-corrected chi connectivity index (χ2v) is 5.85. The minimum Gasteiger partial charge on any atom is -0.374 e. The fraction of sp³-hybridized carbons (Fsp3) is 1.00. The highest BCUT2D eigenvalue weighted by molar-refractivity contribution is 4.84. The van der Waals surface area contributed by atoms with Crippen LogP contribution in [0.15, 0.2) is 0 Å². The van der Waals surface area contributed by atoms with E-state index in [-0.39, 0.29) is 0 Å². The van der Waals surface area contributed by atoms with E-state index in [0.29, 0.717) is 18.2 Å². The van der Waals surface area contributed by atoms with Crippen molar-refractivity contribution in [2.45, 2.75) is 58.3 Å². The summed E-state index contributed by atoms with van der Waals surface area (Å²) in [6.07, 6.45) is 4.72. The van der Waals surface area contributed by atoms with Gasteiger partial charge in [-0.25, -0.2) is 0 Å². The number of rotatable bonds is 4. The van der Waals surface area contributed by atoms with Crippen LogP contribution in [0, 0.1) is 5.92 Å². The van der Waals surface area contributed by atoms with Crippen molar-refractivity contribution in [2.75, 3.05) is 26.2 Å². The van der Waals surface area contributed by atoms with Gasteiger partial charge >= 0.3 is 0 Å². The predicted octanol–water partition coefficient (Wildman–Crippen LogP) is 1.87. The Labute approximate surface area is 106 Å². The molecule has 4 atom stereocenters. The van der Waals surface area contributed by atoms with E-state index in [1.165, 1.54) is 32.4 Å². The lowest BCUT2D eigenvalue weighted by atomic mass is 9.97. The first-order valence-electron chi connectivity index (χ1n) is 7.30. The third-order valence-corrected chi connectivity index (χ3v) is 4.40. The first kappa shape index (κ1) is 13.3. The molecule has 0 aromatic carbocycles. The van der Waals surface area contributed by atoms with E-state index in [2.05, 4.69) is 31.0 Å². The van der Waals surface area contributed by atoms with Gasteiger partial charge in [0.25, 0.3) is 0 Å². The molecular weight excluding hydrogens is 212 g/mol. The van der Waals surface area contributed by atoms with Crippen LogP contribution < -0.4 is 5.32 Å². The zero-order valence-corrected chi connectivity index (χ0v) is 11.6. The van der Waals surface area contributed by atoms with Gasteiger partial charge in [-0.3, -0.25) is 4.90 Å². The van der Waals surface area contributed by atoms with Crippen molar-refractivity contribution in [2.24, 2.45) is 5.92 Å². The normalized spacial score (nSPS) is 37.2. The van der Waals surface area contributed by atoms with Gasteiger partial charge in [0.2, 0.25) is 0 Å². The summed E-state index contributed by atoms with van der Waals surface area (Å²) in [5, 5.41) is 3.65. The van der Waals surface area contributed by atoms with E-state index in [0.717, 1.165) is 19.0 Å². The Morgan fingerprint density at radius 3 is 2.88 bits per heavy atom. The SMILES string of the molecule is CCC(C)C1CN(CC2CCC(C)O2)CCN1. The van der Waals surface area contributed by atoms with Crippen LogP contribution in [-0.2, 0) is 4.74 Å². The number of piperazine rings is 1. The lowest BCUT2D eigenvalue weighted by molar-refractivity contribution is 0.0229. The van der Waals surface area contributed by atoms with E-state index in [1.54, 1.807) is 0 Å². The monoisotopic (exact) mass is 240 g/mol. The maximum Gasteiger partial charge on any atom is 0.0706 e. The molecule has 4 unspecified atom stereocenters. The zero-order chi connectivity index (χ0) is 12.3. The first-order chi connectivity index (χ1) is 8.19. The van der Waals surface area contributed by atoms with Crippen molar-refractivity contribution in [1.82, 2.24) is 10.2 Å². The van der Waals surface area contributed by atoms with E-state index in [1.807, 2.05) is 0 Å². The van der Waals surface area contributed by atoms with Crippen LogP contribution in [0.4, 0.5) is 0 Å². The summed E-state index contributed by atoms with van der Waals surface area (Å²) in [5.74, 6) is 0.779. The molecule has 1 N–H and O–H groups in total. The highest BCUT2D eigenvalue weighted by Gasteiger charge is 2.28. The van der Waals surface area contributed by atoms with Crippen LogP contribution in [-0.4, -0.2) is 49.3 Å². The summed E-state index contributed by atoms with van der Waals surface area (Å²) < 4.78 is 5.92. The molecule has 0 aromatic rings. The maximum atomic E-state index is 5.92. The molecular formula is C14H28N2O. The van der Waals surface area contributed by atoms with Gasteiger partial charge in [-0.05, 0) is 25.7 Å². The molecule has 0 spiro atoms. The Bertz CT molecular complexity index is 232. The largest absolute Gasteiger partial charge is 0.374 e. The lowest BCUT2D eigenvalue weighted by Gasteiger charge is -2.37.